The number of hydrogen-bond donors (Lipinski definition) is 0. The van der Waals surface area contributed by atoms with Crippen molar-refractivity contribution in [3.8, 4) is 5.75 Å². The molecule has 1 aliphatic rings. The van der Waals surface area contributed by atoms with E-state index in [1.165, 1.54) is 16.5 Å². The topological polar surface area (TPSA) is 9.23 Å². The van der Waals surface area contributed by atoms with E-state index in [2.05, 4.69) is 40.2 Å². The molecule has 0 aromatic heterocycles. The molecule has 1 heterocycles. The molecule has 1 nitrogen and oxygen atoms in total. The van der Waals surface area contributed by atoms with Gasteiger partial charge >= 0.3 is 0 Å². The summed E-state index contributed by atoms with van der Waals surface area (Å²) in [5.74, 6) is 0.430. The summed E-state index contributed by atoms with van der Waals surface area (Å²) in [5, 5.41) is 0.432. The van der Waals surface area contributed by atoms with Gasteiger partial charge in [0.05, 0.1) is 4.47 Å². The summed E-state index contributed by atoms with van der Waals surface area (Å²) < 4.78 is 19.3. The van der Waals surface area contributed by atoms with Crippen LogP contribution in [-0.2, 0) is 6.42 Å². The van der Waals surface area contributed by atoms with Gasteiger partial charge in [-0.3, -0.25) is 0 Å². The fourth-order valence-electron chi connectivity index (χ4n) is 2.10. The Kier molecular flexibility index (Phi) is 3.80. The number of hydrogen-bond acceptors (Lipinski definition) is 2. The average molecular weight is 339 g/mol. The molecule has 0 fully saturated rings. The van der Waals surface area contributed by atoms with Crippen LogP contribution in [0.3, 0.4) is 0 Å². The predicted molar refractivity (Wildman–Crippen MR) is 79.4 cm³/mol. The maximum Gasteiger partial charge on any atom is 0.137 e. The van der Waals surface area contributed by atoms with Crippen LogP contribution in [0.2, 0.25) is 0 Å². The Balaban J connectivity index is 1.61. The van der Waals surface area contributed by atoms with Gasteiger partial charge in [0, 0.05) is 10.1 Å². The van der Waals surface area contributed by atoms with Crippen molar-refractivity contribution in [1.29, 1.82) is 0 Å². The third kappa shape index (κ3) is 2.95. The first kappa shape index (κ1) is 13.0. The molecule has 0 aliphatic carbocycles. The van der Waals surface area contributed by atoms with E-state index in [-0.39, 0.29) is 5.82 Å². The summed E-state index contributed by atoms with van der Waals surface area (Å²) in [4.78, 5) is 1.34. The lowest BCUT2D eigenvalue weighted by atomic mass is 10.1. The van der Waals surface area contributed by atoms with Crippen molar-refractivity contribution in [1.82, 2.24) is 0 Å². The van der Waals surface area contributed by atoms with Gasteiger partial charge in [0.15, 0.2) is 0 Å². The van der Waals surface area contributed by atoms with Crippen LogP contribution >= 0.6 is 27.7 Å². The Morgan fingerprint density at radius 3 is 2.89 bits per heavy atom. The zero-order chi connectivity index (χ0) is 13.2. The summed E-state index contributed by atoms with van der Waals surface area (Å²) in [6.45, 7) is 0.636. The summed E-state index contributed by atoms with van der Waals surface area (Å²) >= 11 is 5.01. The fraction of sp³-hybridized carbons (Fsp3) is 0.200. The summed E-state index contributed by atoms with van der Waals surface area (Å²) in [7, 11) is 0. The van der Waals surface area contributed by atoms with Gasteiger partial charge < -0.3 is 4.74 Å². The Morgan fingerprint density at radius 2 is 2.11 bits per heavy atom. The molecule has 19 heavy (non-hydrogen) atoms. The number of rotatable bonds is 3. The number of halogens is 2. The highest BCUT2D eigenvalue weighted by Crippen LogP contribution is 2.37. The molecular formula is C15H12BrFOS. The van der Waals surface area contributed by atoms with Crippen LogP contribution in [0, 0.1) is 5.82 Å². The minimum Gasteiger partial charge on any atom is -0.492 e. The van der Waals surface area contributed by atoms with Gasteiger partial charge in [-0.1, -0.05) is 18.2 Å². The molecule has 2 aromatic rings. The molecule has 0 radical (unpaired) electrons. The molecule has 98 valence electrons. The lowest BCUT2D eigenvalue weighted by Gasteiger charge is -2.11. The fourth-order valence-corrected chi connectivity index (χ4v) is 3.68. The average Bonchev–Trinajstić information content (AvgIpc) is 2.83. The zero-order valence-electron chi connectivity index (χ0n) is 10.1. The molecule has 0 N–H and O–H groups in total. The number of fused-ring (bicyclic) bond motifs is 1. The summed E-state index contributed by atoms with van der Waals surface area (Å²) in [6, 6.07) is 13.2. The van der Waals surface area contributed by atoms with E-state index >= 15 is 0 Å². The molecule has 0 spiro atoms. The SMILES string of the molecule is Fc1ccc(OCC2Cc3ccccc3S2)cc1Br. The molecular weight excluding hydrogens is 327 g/mol. The van der Waals surface area contributed by atoms with E-state index in [4.69, 9.17) is 4.74 Å². The molecule has 1 aliphatic heterocycles. The van der Waals surface area contributed by atoms with Crippen molar-refractivity contribution in [3.05, 3.63) is 58.3 Å². The largest absolute Gasteiger partial charge is 0.492 e. The van der Waals surface area contributed by atoms with Crippen LogP contribution in [0.4, 0.5) is 4.39 Å². The van der Waals surface area contributed by atoms with Gasteiger partial charge in [-0.05, 0) is 52.2 Å². The van der Waals surface area contributed by atoms with Crippen LogP contribution in [-0.4, -0.2) is 11.9 Å². The molecule has 0 bridgehead atoms. The first-order chi connectivity index (χ1) is 9.22. The molecule has 0 saturated carbocycles. The molecule has 0 saturated heterocycles. The maximum atomic E-state index is 13.1. The number of thioether (sulfide) groups is 1. The number of ether oxygens (including phenoxy) is 1. The Morgan fingerprint density at radius 1 is 1.26 bits per heavy atom. The minimum absolute atomic E-state index is 0.269. The van der Waals surface area contributed by atoms with E-state index in [1.54, 1.807) is 12.1 Å². The summed E-state index contributed by atoms with van der Waals surface area (Å²) in [6.07, 6.45) is 1.03. The lowest BCUT2D eigenvalue weighted by molar-refractivity contribution is 0.317. The van der Waals surface area contributed by atoms with Crippen LogP contribution in [0.15, 0.2) is 51.8 Å². The quantitative estimate of drug-likeness (QED) is 0.803. The van der Waals surface area contributed by atoms with Gasteiger partial charge in [-0.15, -0.1) is 11.8 Å². The smallest absolute Gasteiger partial charge is 0.137 e. The van der Waals surface area contributed by atoms with Crippen LogP contribution in [0.5, 0.6) is 5.75 Å². The van der Waals surface area contributed by atoms with E-state index in [0.29, 0.717) is 22.1 Å². The Bertz CT molecular complexity index is 577. The van der Waals surface area contributed by atoms with E-state index in [9.17, 15) is 4.39 Å². The highest BCUT2D eigenvalue weighted by atomic mass is 79.9. The van der Waals surface area contributed by atoms with Crippen molar-refractivity contribution in [2.75, 3.05) is 6.61 Å². The lowest BCUT2D eigenvalue weighted by Crippen LogP contribution is -2.13. The van der Waals surface area contributed by atoms with E-state index < -0.39 is 0 Å². The first-order valence-electron chi connectivity index (χ1n) is 6.05. The van der Waals surface area contributed by atoms with Gasteiger partial charge in [0.25, 0.3) is 0 Å². The third-order valence-corrected chi connectivity index (χ3v) is 4.94. The Hall–Kier alpha value is -1.000. The van der Waals surface area contributed by atoms with E-state index in [0.717, 1.165) is 6.42 Å². The minimum atomic E-state index is -0.269. The van der Waals surface area contributed by atoms with Crippen LogP contribution < -0.4 is 4.74 Å². The van der Waals surface area contributed by atoms with Crippen molar-refractivity contribution in [2.24, 2.45) is 0 Å². The normalized spacial score (nSPS) is 17.3. The molecule has 1 unspecified atom stereocenters. The zero-order valence-corrected chi connectivity index (χ0v) is 12.5. The molecule has 3 rings (SSSR count). The standard InChI is InChI=1S/C15H12BrFOS/c16-13-8-11(5-6-14(13)17)18-9-12-7-10-3-1-2-4-15(10)19-12/h1-6,8,12H,7,9H2. The third-order valence-electron chi connectivity index (χ3n) is 3.04. The highest BCUT2D eigenvalue weighted by molar-refractivity contribution is 9.10. The van der Waals surface area contributed by atoms with E-state index in [1.807, 2.05) is 11.8 Å². The van der Waals surface area contributed by atoms with Gasteiger partial charge in [-0.2, -0.15) is 0 Å². The molecule has 1 atom stereocenters. The molecule has 0 amide bonds. The highest BCUT2D eigenvalue weighted by Gasteiger charge is 2.22. The second-order valence-electron chi connectivity index (χ2n) is 4.44. The molecule has 4 heteroatoms. The predicted octanol–water partition coefficient (Wildman–Crippen LogP) is 4.68. The monoisotopic (exact) mass is 338 g/mol. The van der Waals surface area contributed by atoms with Crippen molar-refractivity contribution in [3.63, 3.8) is 0 Å². The summed E-state index contributed by atoms with van der Waals surface area (Å²) in [5.41, 5.74) is 1.39. The maximum absolute atomic E-state index is 13.1. The second-order valence-corrected chi connectivity index (χ2v) is 6.64. The van der Waals surface area contributed by atoms with Gasteiger partial charge in [0.2, 0.25) is 0 Å². The van der Waals surface area contributed by atoms with Crippen LogP contribution in [0.1, 0.15) is 5.56 Å². The molecule has 2 aromatic carbocycles. The van der Waals surface area contributed by atoms with Crippen LogP contribution in [0.25, 0.3) is 0 Å². The van der Waals surface area contributed by atoms with Crippen molar-refractivity contribution < 1.29 is 9.13 Å². The first-order valence-corrected chi connectivity index (χ1v) is 7.72. The Labute approximate surface area is 124 Å². The second kappa shape index (κ2) is 5.55. The van der Waals surface area contributed by atoms with Gasteiger partial charge in [0.1, 0.15) is 18.2 Å². The van der Waals surface area contributed by atoms with Crippen molar-refractivity contribution >= 4 is 27.7 Å². The van der Waals surface area contributed by atoms with Crippen molar-refractivity contribution in [2.45, 2.75) is 16.6 Å². The van der Waals surface area contributed by atoms with Gasteiger partial charge in [-0.25, -0.2) is 4.39 Å². The number of benzene rings is 2.